The number of benzene rings is 1. The summed E-state index contributed by atoms with van der Waals surface area (Å²) in [5.74, 6) is -0.0424. The van der Waals surface area contributed by atoms with Crippen LogP contribution in [-0.4, -0.2) is 35.2 Å². The molecule has 0 amide bonds. The Morgan fingerprint density at radius 1 is 1.38 bits per heavy atom. The van der Waals surface area contributed by atoms with Gasteiger partial charge in [0.1, 0.15) is 6.33 Å². The quantitative estimate of drug-likeness (QED) is 0.609. The van der Waals surface area contributed by atoms with Gasteiger partial charge in [0.15, 0.2) is 4.90 Å². The Balaban J connectivity index is 2.52. The molecule has 11 heteroatoms. The summed E-state index contributed by atoms with van der Waals surface area (Å²) >= 11 is 0. The van der Waals surface area contributed by atoms with Gasteiger partial charge >= 0.3 is 0 Å². The Morgan fingerprint density at radius 3 is 2.62 bits per heavy atom. The number of aromatic nitrogens is 3. The molecule has 21 heavy (non-hydrogen) atoms. The fourth-order valence-electron chi connectivity index (χ4n) is 1.60. The largest absolute Gasteiger partial charge is 0.388 e. The Hall–Kier alpha value is -2.69. The average Bonchev–Trinajstić information content (AvgIpc) is 2.82. The molecule has 0 aliphatic rings. The number of nitro benzene ring substituents is 1. The molecular formula is C10H12N6O4S. The van der Waals surface area contributed by atoms with Gasteiger partial charge in [-0.25, -0.2) is 17.8 Å². The predicted molar refractivity (Wildman–Crippen MR) is 74.5 cm³/mol. The van der Waals surface area contributed by atoms with Crippen LogP contribution < -0.4 is 10.0 Å². The molecule has 2 rings (SSSR count). The van der Waals surface area contributed by atoms with Crippen LogP contribution in [0.4, 0.5) is 17.3 Å². The van der Waals surface area contributed by atoms with Crippen molar-refractivity contribution in [2.24, 2.45) is 7.05 Å². The highest BCUT2D eigenvalue weighted by Gasteiger charge is 2.27. The molecule has 2 aromatic rings. The summed E-state index contributed by atoms with van der Waals surface area (Å²) in [7, 11) is -1.10. The van der Waals surface area contributed by atoms with Crippen LogP contribution in [0.15, 0.2) is 29.4 Å². The zero-order valence-electron chi connectivity index (χ0n) is 11.1. The van der Waals surface area contributed by atoms with E-state index in [9.17, 15) is 18.5 Å². The number of hydrogen-bond donors (Lipinski definition) is 2. The van der Waals surface area contributed by atoms with E-state index < -0.39 is 25.5 Å². The monoisotopic (exact) mass is 312 g/mol. The van der Waals surface area contributed by atoms with E-state index in [-0.39, 0.29) is 5.95 Å². The molecule has 0 radical (unpaired) electrons. The highest BCUT2D eigenvalue weighted by atomic mass is 32.2. The molecule has 112 valence electrons. The third-order valence-electron chi connectivity index (χ3n) is 2.67. The van der Waals surface area contributed by atoms with Crippen LogP contribution in [0.25, 0.3) is 0 Å². The second-order valence-corrected chi connectivity index (χ2v) is 5.65. The number of nitro groups is 1. The van der Waals surface area contributed by atoms with Crippen molar-refractivity contribution < 1.29 is 13.3 Å². The first-order valence-corrected chi connectivity index (χ1v) is 7.16. The highest BCUT2D eigenvalue weighted by Crippen LogP contribution is 2.28. The Morgan fingerprint density at radius 2 is 2.10 bits per heavy atom. The minimum Gasteiger partial charge on any atom is -0.388 e. The number of aryl methyl sites for hydroxylation is 1. The Labute approximate surface area is 120 Å². The minimum atomic E-state index is -4.17. The number of nitrogens with zero attached hydrogens (tertiary/aromatic N) is 4. The lowest BCUT2D eigenvalue weighted by molar-refractivity contribution is -0.387. The Bertz CT molecular complexity index is 785. The lowest BCUT2D eigenvalue weighted by Crippen LogP contribution is -2.17. The Kier molecular flexibility index (Phi) is 3.76. The van der Waals surface area contributed by atoms with E-state index in [1.54, 1.807) is 7.05 Å². The van der Waals surface area contributed by atoms with Crippen molar-refractivity contribution in [3.8, 4) is 0 Å². The van der Waals surface area contributed by atoms with Crippen molar-refractivity contribution in [3.05, 3.63) is 34.6 Å². The van der Waals surface area contributed by atoms with Gasteiger partial charge in [-0.2, -0.15) is 10.1 Å². The molecule has 0 aliphatic carbocycles. The first kappa shape index (κ1) is 14.7. The maximum atomic E-state index is 12.3. The van der Waals surface area contributed by atoms with E-state index in [0.29, 0.717) is 5.69 Å². The van der Waals surface area contributed by atoms with Crippen LogP contribution in [0.1, 0.15) is 0 Å². The zero-order chi connectivity index (χ0) is 15.6. The minimum absolute atomic E-state index is 0.0424. The maximum Gasteiger partial charge on any atom is 0.290 e. The first-order chi connectivity index (χ1) is 9.85. The number of anilines is 2. The summed E-state index contributed by atoms with van der Waals surface area (Å²) in [6.45, 7) is 0. The van der Waals surface area contributed by atoms with E-state index in [0.717, 1.165) is 12.4 Å². The lowest BCUT2D eigenvalue weighted by atomic mass is 10.3. The molecule has 0 bridgehead atoms. The van der Waals surface area contributed by atoms with Crippen LogP contribution in [0.3, 0.4) is 0 Å². The molecule has 0 aliphatic heterocycles. The van der Waals surface area contributed by atoms with E-state index >= 15 is 0 Å². The summed E-state index contributed by atoms with van der Waals surface area (Å²) in [6, 6.07) is 3.72. The standard InChI is InChI=1S/C10H12N6O4S/c1-11-7-3-4-8(16(17)18)9(5-7)21(19,20)14-10-12-6-13-15(10)2/h3-6,11H,1-2H3,(H,12,13,14). The SMILES string of the molecule is CNc1ccc([N+](=O)[O-])c(S(=O)(=O)Nc2ncnn2C)c1. The fourth-order valence-corrected chi connectivity index (χ4v) is 2.83. The van der Waals surface area contributed by atoms with Crippen LogP contribution in [0.5, 0.6) is 0 Å². The summed E-state index contributed by atoms with van der Waals surface area (Å²) < 4.78 is 28.0. The van der Waals surface area contributed by atoms with Gasteiger partial charge in [0.05, 0.1) is 4.92 Å². The van der Waals surface area contributed by atoms with Gasteiger partial charge in [0.25, 0.3) is 15.7 Å². The lowest BCUT2D eigenvalue weighted by Gasteiger charge is -2.09. The average molecular weight is 312 g/mol. The van der Waals surface area contributed by atoms with Crippen molar-refractivity contribution in [2.45, 2.75) is 4.90 Å². The van der Waals surface area contributed by atoms with Crippen LogP contribution in [0.2, 0.25) is 0 Å². The van der Waals surface area contributed by atoms with Gasteiger partial charge in [-0.1, -0.05) is 0 Å². The van der Waals surface area contributed by atoms with Crippen LogP contribution >= 0.6 is 0 Å². The third-order valence-corrected chi connectivity index (χ3v) is 4.03. The van der Waals surface area contributed by atoms with Gasteiger partial charge in [-0.15, -0.1) is 0 Å². The molecule has 1 heterocycles. The highest BCUT2D eigenvalue weighted by molar-refractivity contribution is 7.92. The molecule has 2 N–H and O–H groups in total. The molecule has 0 saturated heterocycles. The van der Waals surface area contributed by atoms with Crippen LogP contribution in [0, 0.1) is 10.1 Å². The number of rotatable bonds is 5. The van der Waals surface area contributed by atoms with Crippen molar-refractivity contribution in [3.63, 3.8) is 0 Å². The smallest absolute Gasteiger partial charge is 0.290 e. The van der Waals surface area contributed by atoms with Gasteiger partial charge in [-0.05, 0) is 12.1 Å². The molecule has 0 saturated carbocycles. The maximum absolute atomic E-state index is 12.3. The van der Waals surface area contributed by atoms with Gasteiger partial charge in [0.2, 0.25) is 5.95 Å². The molecule has 1 aromatic carbocycles. The topological polar surface area (TPSA) is 132 Å². The normalized spacial score (nSPS) is 11.1. The van der Waals surface area contributed by atoms with E-state index in [1.807, 2.05) is 0 Å². The zero-order valence-corrected chi connectivity index (χ0v) is 12.0. The fraction of sp³-hybridized carbons (Fsp3) is 0.200. The van der Waals surface area contributed by atoms with Gasteiger partial charge in [0, 0.05) is 25.8 Å². The van der Waals surface area contributed by atoms with Crippen molar-refractivity contribution in [1.29, 1.82) is 0 Å². The molecule has 10 nitrogen and oxygen atoms in total. The van der Waals surface area contributed by atoms with E-state index in [1.165, 1.54) is 23.9 Å². The molecule has 1 aromatic heterocycles. The summed E-state index contributed by atoms with van der Waals surface area (Å²) in [5, 5.41) is 17.4. The van der Waals surface area contributed by atoms with Crippen molar-refractivity contribution in [1.82, 2.24) is 14.8 Å². The molecule has 0 unspecified atom stereocenters. The number of sulfonamides is 1. The van der Waals surface area contributed by atoms with Crippen LogP contribution in [-0.2, 0) is 17.1 Å². The van der Waals surface area contributed by atoms with Gasteiger partial charge < -0.3 is 5.32 Å². The third kappa shape index (κ3) is 2.91. The van der Waals surface area contributed by atoms with Crippen molar-refractivity contribution in [2.75, 3.05) is 17.1 Å². The number of nitrogens with one attached hydrogen (secondary N) is 2. The van der Waals surface area contributed by atoms with Crippen molar-refractivity contribution >= 4 is 27.3 Å². The number of hydrogen-bond acceptors (Lipinski definition) is 7. The van der Waals surface area contributed by atoms with E-state index in [2.05, 4.69) is 20.1 Å². The summed E-state index contributed by atoms with van der Waals surface area (Å²) in [4.78, 5) is 13.5. The molecule has 0 fully saturated rings. The van der Waals surface area contributed by atoms with E-state index in [4.69, 9.17) is 0 Å². The van der Waals surface area contributed by atoms with Gasteiger partial charge in [-0.3, -0.25) is 10.1 Å². The predicted octanol–water partition coefficient (Wildman–Crippen LogP) is 0.566. The molecular weight excluding hydrogens is 300 g/mol. The molecule has 0 spiro atoms. The second kappa shape index (κ2) is 5.36. The molecule has 0 atom stereocenters. The first-order valence-electron chi connectivity index (χ1n) is 5.68. The second-order valence-electron chi connectivity index (χ2n) is 4.00. The summed E-state index contributed by atoms with van der Waals surface area (Å²) in [5.41, 5.74) is -0.0948. The summed E-state index contributed by atoms with van der Waals surface area (Å²) in [6.07, 6.45) is 1.16.